The van der Waals surface area contributed by atoms with Crippen molar-refractivity contribution < 1.29 is 19.1 Å². The standard InChI is InChI=1S/C27H22INO4/c1-32-26(33-2)27-19-9-5-3-7-17(19)21(18-8-4-6-10-20(18)27)22-23(27)25(31)29(24(22)30)16-13-11-15(28)12-14-16/h3-14,21-23,26H,1-2H3/t21?,22-,23+,27?/m1/s1. The summed E-state index contributed by atoms with van der Waals surface area (Å²) in [6.07, 6.45) is -0.734. The van der Waals surface area contributed by atoms with Crippen molar-refractivity contribution in [2.24, 2.45) is 11.8 Å². The number of benzene rings is 3. The van der Waals surface area contributed by atoms with E-state index in [-0.39, 0.29) is 17.7 Å². The summed E-state index contributed by atoms with van der Waals surface area (Å²) >= 11 is 2.22. The molecule has 2 bridgehead atoms. The molecule has 3 aromatic carbocycles. The summed E-state index contributed by atoms with van der Waals surface area (Å²) in [5.41, 5.74) is 3.84. The summed E-state index contributed by atoms with van der Waals surface area (Å²) in [6.45, 7) is 0. The minimum absolute atomic E-state index is 0.157. The topological polar surface area (TPSA) is 55.8 Å². The van der Waals surface area contributed by atoms with Crippen LogP contribution in [0.25, 0.3) is 0 Å². The van der Waals surface area contributed by atoms with E-state index in [0.717, 1.165) is 25.8 Å². The first-order chi connectivity index (χ1) is 16.1. The van der Waals surface area contributed by atoms with Crippen LogP contribution in [0.4, 0.5) is 5.69 Å². The third-order valence-corrected chi connectivity index (χ3v) is 8.29. The normalized spacial score (nSPS) is 27.0. The summed E-state index contributed by atoms with van der Waals surface area (Å²) < 4.78 is 12.9. The SMILES string of the molecule is COC(OC)C12c3ccccc3C(c3ccccc31)[C@H]1C(=O)N(c3ccc(I)cc3)C(=O)[C@H]12. The van der Waals surface area contributed by atoms with Crippen molar-refractivity contribution in [2.75, 3.05) is 19.1 Å². The van der Waals surface area contributed by atoms with Crippen LogP contribution in [0.15, 0.2) is 72.8 Å². The Bertz CT molecular complexity index is 1240. The molecular formula is C27H22INO4. The quantitative estimate of drug-likeness (QED) is 0.273. The van der Waals surface area contributed by atoms with Crippen LogP contribution in [0.1, 0.15) is 28.2 Å². The summed E-state index contributed by atoms with van der Waals surface area (Å²) in [4.78, 5) is 29.6. The van der Waals surface area contributed by atoms with Gasteiger partial charge in [0.15, 0.2) is 6.29 Å². The fraction of sp³-hybridized carbons (Fsp3) is 0.259. The smallest absolute Gasteiger partial charge is 0.239 e. The molecule has 1 saturated heterocycles. The molecule has 2 amide bonds. The molecule has 0 spiro atoms. The van der Waals surface area contributed by atoms with Crippen molar-refractivity contribution in [1.29, 1.82) is 0 Å². The van der Waals surface area contributed by atoms with Gasteiger partial charge in [-0.05, 0) is 69.1 Å². The maximum Gasteiger partial charge on any atom is 0.239 e. The lowest BCUT2D eigenvalue weighted by atomic mass is 9.47. The first-order valence-corrected chi connectivity index (χ1v) is 12.0. The molecule has 0 radical (unpaired) electrons. The lowest BCUT2D eigenvalue weighted by molar-refractivity contribution is -0.168. The number of carbonyl (C=O) groups excluding carboxylic acids is 2. The highest BCUT2D eigenvalue weighted by atomic mass is 127. The lowest BCUT2D eigenvalue weighted by Crippen LogP contribution is -2.60. The van der Waals surface area contributed by atoms with Gasteiger partial charge in [0, 0.05) is 23.7 Å². The van der Waals surface area contributed by atoms with Gasteiger partial charge in [0.2, 0.25) is 11.8 Å². The second-order valence-electron chi connectivity index (χ2n) is 8.82. The molecule has 0 saturated carbocycles. The average molecular weight is 551 g/mol. The van der Waals surface area contributed by atoms with Gasteiger partial charge in [-0.3, -0.25) is 9.59 Å². The van der Waals surface area contributed by atoms with Crippen LogP contribution >= 0.6 is 22.6 Å². The van der Waals surface area contributed by atoms with Gasteiger partial charge in [-0.1, -0.05) is 48.5 Å². The van der Waals surface area contributed by atoms with E-state index in [2.05, 4.69) is 46.9 Å². The molecular weight excluding hydrogens is 529 g/mol. The Labute approximate surface area is 205 Å². The van der Waals surface area contributed by atoms with Gasteiger partial charge in [0.25, 0.3) is 0 Å². The maximum absolute atomic E-state index is 14.2. The van der Waals surface area contributed by atoms with E-state index < -0.39 is 23.5 Å². The summed E-state index contributed by atoms with van der Waals surface area (Å²) in [7, 11) is 3.20. The minimum Gasteiger partial charge on any atom is -0.355 e. The summed E-state index contributed by atoms with van der Waals surface area (Å²) in [5.74, 6) is -1.68. The van der Waals surface area contributed by atoms with E-state index in [0.29, 0.717) is 5.69 Å². The second-order valence-corrected chi connectivity index (χ2v) is 10.1. The van der Waals surface area contributed by atoms with Crippen molar-refractivity contribution in [1.82, 2.24) is 0 Å². The number of amides is 2. The summed E-state index contributed by atoms with van der Waals surface area (Å²) in [6, 6.07) is 23.8. The summed E-state index contributed by atoms with van der Waals surface area (Å²) in [5, 5.41) is 0. The van der Waals surface area contributed by atoms with Crippen LogP contribution in [0, 0.1) is 15.4 Å². The monoisotopic (exact) mass is 551 g/mol. The Morgan fingerprint density at radius 2 is 1.36 bits per heavy atom. The number of hydrogen-bond acceptors (Lipinski definition) is 4. The molecule has 4 aliphatic rings. The number of methoxy groups -OCH3 is 2. The minimum atomic E-state index is -0.930. The van der Waals surface area contributed by atoms with Crippen molar-refractivity contribution in [3.8, 4) is 0 Å². The van der Waals surface area contributed by atoms with Crippen molar-refractivity contribution in [3.63, 3.8) is 0 Å². The molecule has 0 N–H and O–H groups in total. The molecule has 1 aliphatic heterocycles. The van der Waals surface area contributed by atoms with Crippen LogP contribution in [0.3, 0.4) is 0 Å². The fourth-order valence-electron chi connectivity index (χ4n) is 6.54. The Kier molecular flexibility index (Phi) is 4.76. The average Bonchev–Trinajstić information content (AvgIpc) is 3.12. The zero-order valence-corrected chi connectivity index (χ0v) is 20.4. The predicted octanol–water partition coefficient (Wildman–Crippen LogP) is 4.46. The van der Waals surface area contributed by atoms with Crippen molar-refractivity contribution in [3.05, 3.63) is 98.6 Å². The highest BCUT2D eigenvalue weighted by molar-refractivity contribution is 14.1. The Morgan fingerprint density at radius 3 is 1.91 bits per heavy atom. The first kappa shape index (κ1) is 21.0. The van der Waals surface area contributed by atoms with E-state index in [4.69, 9.17) is 9.47 Å². The molecule has 1 heterocycles. The van der Waals surface area contributed by atoms with Gasteiger partial charge in [-0.25, -0.2) is 4.90 Å². The van der Waals surface area contributed by atoms with E-state index in [1.54, 1.807) is 14.2 Å². The third kappa shape index (κ3) is 2.54. The highest BCUT2D eigenvalue weighted by Crippen LogP contribution is 2.65. The van der Waals surface area contributed by atoms with Crippen LogP contribution in [-0.4, -0.2) is 32.3 Å². The maximum atomic E-state index is 14.2. The number of anilines is 1. The Balaban J connectivity index is 1.67. The number of imide groups is 1. The fourth-order valence-corrected chi connectivity index (χ4v) is 6.90. The molecule has 5 nitrogen and oxygen atoms in total. The van der Waals surface area contributed by atoms with Gasteiger partial charge in [-0.15, -0.1) is 0 Å². The third-order valence-electron chi connectivity index (χ3n) is 7.57. The highest BCUT2D eigenvalue weighted by Gasteiger charge is 2.71. The number of hydrogen-bond donors (Lipinski definition) is 0. The van der Waals surface area contributed by atoms with Crippen molar-refractivity contribution >= 4 is 40.1 Å². The Hall–Kier alpha value is -2.55. The van der Waals surface area contributed by atoms with Gasteiger partial charge in [-0.2, -0.15) is 0 Å². The number of nitrogens with zero attached hydrogens (tertiary/aromatic N) is 1. The van der Waals surface area contributed by atoms with Crippen LogP contribution in [0.5, 0.6) is 0 Å². The van der Waals surface area contributed by atoms with E-state index >= 15 is 0 Å². The van der Waals surface area contributed by atoms with Gasteiger partial charge < -0.3 is 9.47 Å². The number of rotatable bonds is 4. The van der Waals surface area contributed by atoms with Crippen LogP contribution < -0.4 is 4.90 Å². The molecule has 2 atom stereocenters. The lowest BCUT2D eigenvalue weighted by Gasteiger charge is -2.56. The van der Waals surface area contributed by atoms with Crippen LogP contribution in [-0.2, 0) is 24.5 Å². The van der Waals surface area contributed by atoms with E-state index in [9.17, 15) is 9.59 Å². The number of carbonyl (C=O) groups is 2. The zero-order chi connectivity index (χ0) is 22.9. The van der Waals surface area contributed by atoms with E-state index in [1.165, 1.54) is 4.90 Å². The van der Waals surface area contributed by atoms with Gasteiger partial charge >= 0.3 is 0 Å². The molecule has 3 aromatic rings. The van der Waals surface area contributed by atoms with Crippen LogP contribution in [0.2, 0.25) is 0 Å². The number of halogens is 1. The van der Waals surface area contributed by atoms with E-state index in [1.807, 2.05) is 48.5 Å². The molecule has 1 fully saturated rings. The first-order valence-electron chi connectivity index (χ1n) is 10.9. The molecule has 6 heteroatoms. The largest absolute Gasteiger partial charge is 0.355 e. The molecule has 3 aliphatic carbocycles. The number of ether oxygens (including phenoxy) is 2. The zero-order valence-electron chi connectivity index (χ0n) is 18.2. The Morgan fingerprint density at radius 1 is 0.818 bits per heavy atom. The van der Waals surface area contributed by atoms with Gasteiger partial charge in [0.1, 0.15) is 0 Å². The van der Waals surface area contributed by atoms with Gasteiger partial charge in [0.05, 0.1) is 22.9 Å². The molecule has 0 aromatic heterocycles. The molecule has 33 heavy (non-hydrogen) atoms. The molecule has 7 rings (SSSR count). The molecule has 0 unspecified atom stereocenters. The molecule has 166 valence electrons. The van der Waals surface area contributed by atoms with Crippen molar-refractivity contribution in [2.45, 2.75) is 17.6 Å². The second kappa shape index (κ2) is 7.48. The predicted molar refractivity (Wildman–Crippen MR) is 132 cm³/mol.